The van der Waals surface area contributed by atoms with Crippen molar-refractivity contribution in [3.8, 4) is 5.75 Å². The Bertz CT molecular complexity index is 393. The van der Waals surface area contributed by atoms with Crippen molar-refractivity contribution in [2.24, 2.45) is 0 Å². The van der Waals surface area contributed by atoms with Gasteiger partial charge in [-0.1, -0.05) is 12.1 Å². The van der Waals surface area contributed by atoms with Crippen LogP contribution >= 0.6 is 0 Å². The van der Waals surface area contributed by atoms with E-state index in [-0.39, 0.29) is 12.5 Å². The third-order valence-electron chi connectivity index (χ3n) is 2.96. The van der Waals surface area contributed by atoms with Crippen LogP contribution in [0.15, 0.2) is 24.3 Å². The maximum absolute atomic E-state index is 11.4. The molecule has 0 spiro atoms. The highest BCUT2D eigenvalue weighted by atomic mass is 16.5. The molecule has 0 aliphatic carbocycles. The summed E-state index contributed by atoms with van der Waals surface area (Å²) in [6, 6.07) is 8.26. The summed E-state index contributed by atoms with van der Waals surface area (Å²) in [7, 11) is 3.55. The topological polar surface area (TPSA) is 59.6 Å². The molecule has 1 aromatic rings. The standard InChI is InChI=1S/C15H24N2O3/c1-12(16-2)10-13-4-6-14(7-5-13)20-11-15(18)17-8-9-19-3/h4-7,12,16H,8-11H2,1-3H3,(H,17,18). The molecule has 1 rings (SSSR count). The highest BCUT2D eigenvalue weighted by Gasteiger charge is 2.03. The maximum atomic E-state index is 11.4. The van der Waals surface area contributed by atoms with Gasteiger partial charge in [-0.25, -0.2) is 0 Å². The van der Waals surface area contributed by atoms with Crippen molar-refractivity contribution in [1.82, 2.24) is 10.6 Å². The van der Waals surface area contributed by atoms with E-state index < -0.39 is 0 Å². The minimum absolute atomic E-state index is 0.0238. The lowest BCUT2D eigenvalue weighted by molar-refractivity contribution is -0.123. The summed E-state index contributed by atoms with van der Waals surface area (Å²) < 4.78 is 10.3. The monoisotopic (exact) mass is 280 g/mol. The highest BCUT2D eigenvalue weighted by molar-refractivity contribution is 5.77. The zero-order valence-corrected chi connectivity index (χ0v) is 12.4. The second-order valence-corrected chi connectivity index (χ2v) is 4.67. The Morgan fingerprint density at radius 3 is 2.60 bits per heavy atom. The zero-order chi connectivity index (χ0) is 14.8. The Hall–Kier alpha value is -1.59. The molecule has 5 nitrogen and oxygen atoms in total. The molecule has 0 saturated carbocycles. The van der Waals surface area contributed by atoms with Crippen LogP contribution in [0.25, 0.3) is 0 Å². The Kier molecular flexibility index (Phi) is 7.69. The molecule has 1 amide bonds. The number of rotatable bonds is 9. The minimum Gasteiger partial charge on any atom is -0.484 e. The van der Waals surface area contributed by atoms with E-state index in [0.29, 0.717) is 24.9 Å². The first-order valence-electron chi connectivity index (χ1n) is 6.80. The van der Waals surface area contributed by atoms with Crippen molar-refractivity contribution < 1.29 is 14.3 Å². The van der Waals surface area contributed by atoms with Crippen LogP contribution in [-0.2, 0) is 16.0 Å². The molecule has 0 aliphatic heterocycles. The largest absolute Gasteiger partial charge is 0.484 e. The normalized spacial score (nSPS) is 11.9. The molecule has 1 aromatic carbocycles. The number of hydrogen-bond acceptors (Lipinski definition) is 4. The summed E-state index contributed by atoms with van der Waals surface area (Å²) in [4.78, 5) is 11.4. The van der Waals surface area contributed by atoms with Gasteiger partial charge in [0.05, 0.1) is 6.61 Å². The van der Waals surface area contributed by atoms with Gasteiger partial charge in [-0.3, -0.25) is 4.79 Å². The van der Waals surface area contributed by atoms with E-state index in [2.05, 4.69) is 17.6 Å². The SMILES string of the molecule is CNC(C)Cc1ccc(OCC(=O)NCCOC)cc1. The predicted octanol–water partition coefficient (Wildman–Crippen LogP) is 0.978. The van der Waals surface area contributed by atoms with E-state index in [1.807, 2.05) is 31.3 Å². The molecular formula is C15H24N2O3. The van der Waals surface area contributed by atoms with E-state index >= 15 is 0 Å². The van der Waals surface area contributed by atoms with Crippen LogP contribution in [0.2, 0.25) is 0 Å². The number of ether oxygens (including phenoxy) is 2. The molecule has 1 atom stereocenters. The number of methoxy groups -OCH3 is 1. The van der Waals surface area contributed by atoms with Crippen molar-refractivity contribution in [3.05, 3.63) is 29.8 Å². The quantitative estimate of drug-likeness (QED) is 0.662. The van der Waals surface area contributed by atoms with Gasteiger partial charge >= 0.3 is 0 Å². The van der Waals surface area contributed by atoms with Crippen molar-refractivity contribution in [2.75, 3.05) is 33.9 Å². The summed E-state index contributed by atoms with van der Waals surface area (Å²) in [5.41, 5.74) is 1.24. The van der Waals surface area contributed by atoms with Crippen LogP contribution in [0.5, 0.6) is 5.75 Å². The summed E-state index contributed by atoms with van der Waals surface area (Å²) in [5, 5.41) is 5.90. The predicted molar refractivity (Wildman–Crippen MR) is 79.0 cm³/mol. The summed E-state index contributed by atoms with van der Waals surface area (Å²) in [5.74, 6) is 0.558. The molecule has 0 radical (unpaired) electrons. The smallest absolute Gasteiger partial charge is 0.258 e. The van der Waals surface area contributed by atoms with Crippen molar-refractivity contribution in [2.45, 2.75) is 19.4 Å². The van der Waals surface area contributed by atoms with Gasteiger partial charge in [0.15, 0.2) is 6.61 Å². The summed E-state index contributed by atoms with van der Waals surface area (Å²) in [6.07, 6.45) is 0.967. The Morgan fingerprint density at radius 2 is 2.00 bits per heavy atom. The summed E-state index contributed by atoms with van der Waals surface area (Å²) in [6.45, 7) is 3.16. The first-order valence-corrected chi connectivity index (χ1v) is 6.80. The van der Waals surface area contributed by atoms with E-state index in [9.17, 15) is 4.79 Å². The van der Waals surface area contributed by atoms with Gasteiger partial charge in [-0.2, -0.15) is 0 Å². The Balaban J connectivity index is 2.32. The minimum atomic E-state index is -0.144. The molecule has 5 heteroatoms. The first-order chi connectivity index (χ1) is 9.65. The fraction of sp³-hybridized carbons (Fsp3) is 0.533. The van der Waals surface area contributed by atoms with E-state index in [0.717, 1.165) is 6.42 Å². The second-order valence-electron chi connectivity index (χ2n) is 4.67. The molecule has 1 unspecified atom stereocenters. The molecular weight excluding hydrogens is 256 g/mol. The lowest BCUT2D eigenvalue weighted by Crippen LogP contribution is -2.31. The van der Waals surface area contributed by atoms with Gasteiger partial charge in [0, 0.05) is 19.7 Å². The molecule has 0 heterocycles. The molecule has 0 saturated heterocycles. The van der Waals surface area contributed by atoms with Gasteiger partial charge in [-0.15, -0.1) is 0 Å². The van der Waals surface area contributed by atoms with Crippen molar-refractivity contribution in [3.63, 3.8) is 0 Å². The number of carbonyl (C=O) groups is 1. The van der Waals surface area contributed by atoms with Crippen LogP contribution in [-0.4, -0.2) is 45.9 Å². The number of hydrogen-bond donors (Lipinski definition) is 2. The fourth-order valence-electron chi connectivity index (χ4n) is 1.67. The molecule has 0 bridgehead atoms. The van der Waals surface area contributed by atoms with E-state index in [1.165, 1.54) is 5.56 Å². The average Bonchev–Trinajstić information content (AvgIpc) is 2.46. The fourth-order valence-corrected chi connectivity index (χ4v) is 1.67. The molecule has 2 N–H and O–H groups in total. The van der Waals surface area contributed by atoms with Crippen LogP contribution in [0.4, 0.5) is 0 Å². The van der Waals surface area contributed by atoms with Crippen LogP contribution in [0.3, 0.4) is 0 Å². The lowest BCUT2D eigenvalue weighted by atomic mass is 10.1. The Morgan fingerprint density at radius 1 is 1.30 bits per heavy atom. The third kappa shape index (κ3) is 6.54. The first kappa shape index (κ1) is 16.5. The number of likely N-dealkylation sites (N-methyl/N-ethyl adjacent to an activating group) is 1. The van der Waals surface area contributed by atoms with Gasteiger partial charge in [0.2, 0.25) is 0 Å². The highest BCUT2D eigenvalue weighted by Crippen LogP contribution is 2.13. The molecule has 0 aliphatic rings. The van der Waals surface area contributed by atoms with Gasteiger partial charge in [-0.05, 0) is 38.1 Å². The van der Waals surface area contributed by atoms with E-state index in [4.69, 9.17) is 9.47 Å². The van der Waals surface area contributed by atoms with Gasteiger partial charge in [0.25, 0.3) is 5.91 Å². The van der Waals surface area contributed by atoms with Crippen molar-refractivity contribution >= 4 is 5.91 Å². The zero-order valence-electron chi connectivity index (χ0n) is 12.4. The number of amides is 1. The number of nitrogens with one attached hydrogen (secondary N) is 2. The molecule has 112 valence electrons. The average molecular weight is 280 g/mol. The maximum Gasteiger partial charge on any atom is 0.258 e. The number of benzene rings is 1. The second kappa shape index (κ2) is 9.34. The number of carbonyl (C=O) groups excluding carboxylic acids is 1. The lowest BCUT2D eigenvalue weighted by Gasteiger charge is -2.11. The van der Waals surface area contributed by atoms with Crippen LogP contribution in [0.1, 0.15) is 12.5 Å². The van der Waals surface area contributed by atoms with Gasteiger partial charge in [0.1, 0.15) is 5.75 Å². The summed E-state index contributed by atoms with van der Waals surface area (Å²) >= 11 is 0. The van der Waals surface area contributed by atoms with Gasteiger partial charge < -0.3 is 20.1 Å². The molecule has 0 aromatic heterocycles. The van der Waals surface area contributed by atoms with Crippen LogP contribution < -0.4 is 15.4 Å². The van der Waals surface area contributed by atoms with Crippen LogP contribution in [0, 0.1) is 0 Å². The van der Waals surface area contributed by atoms with Crippen molar-refractivity contribution in [1.29, 1.82) is 0 Å². The molecule has 0 fully saturated rings. The molecule has 20 heavy (non-hydrogen) atoms. The Labute approximate surface area is 120 Å². The van der Waals surface area contributed by atoms with E-state index in [1.54, 1.807) is 7.11 Å². The third-order valence-corrected chi connectivity index (χ3v) is 2.96.